The predicted octanol–water partition coefficient (Wildman–Crippen LogP) is 1.98. The molecule has 0 unspecified atom stereocenters. The molecule has 17 heavy (non-hydrogen) atoms. The van der Waals surface area contributed by atoms with Crippen LogP contribution in [0.15, 0.2) is 0 Å². The quantitative estimate of drug-likeness (QED) is 0.551. The van der Waals surface area contributed by atoms with Gasteiger partial charge in [0, 0.05) is 13.7 Å². The highest BCUT2D eigenvalue weighted by Crippen LogP contribution is 2.03. The molecule has 0 fully saturated rings. The summed E-state index contributed by atoms with van der Waals surface area (Å²) in [5.41, 5.74) is 0. The molecule has 0 radical (unpaired) electrons. The molecule has 4 nitrogen and oxygen atoms in total. The average molecular weight is 250 g/mol. The first-order valence-corrected chi connectivity index (χ1v) is 6.61. The Balaban J connectivity index is 0. The van der Waals surface area contributed by atoms with Crippen molar-refractivity contribution in [1.29, 1.82) is 0 Å². The molecule has 0 aromatic carbocycles. The van der Waals surface area contributed by atoms with E-state index < -0.39 is 0 Å². The summed E-state index contributed by atoms with van der Waals surface area (Å²) in [4.78, 5) is 0. The summed E-state index contributed by atoms with van der Waals surface area (Å²) in [5, 5.41) is 16.6. The van der Waals surface area contributed by atoms with E-state index in [0.717, 1.165) is 6.42 Å². The van der Waals surface area contributed by atoms with Crippen LogP contribution in [0.3, 0.4) is 0 Å². The van der Waals surface area contributed by atoms with Crippen molar-refractivity contribution in [3.8, 4) is 0 Å². The minimum Gasteiger partial charge on any atom is -0.396 e. The second-order valence-corrected chi connectivity index (χ2v) is 3.82. The first-order valence-electron chi connectivity index (χ1n) is 6.61. The summed E-state index contributed by atoms with van der Waals surface area (Å²) in [6, 6.07) is 0. The van der Waals surface area contributed by atoms with Crippen molar-refractivity contribution in [2.75, 3.05) is 40.1 Å². The first kappa shape index (κ1) is 19.2. The summed E-state index contributed by atoms with van der Waals surface area (Å²) in [6.07, 6.45) is 7.50. The van der Waals surface area contributed by atoms with Crippen LogP contribution in [0.2, 0.25) is 0 Å². The maximum absolute atomic E-state index is 8.42. The fourth-order valence-electron chi connectivity index (χ4n) is 1.20. The SMILES string of the molecule is CCCCCCCCO.COCCOCCO. The van der Waals surface area contributed by atoms with E-state index in [-0.39, 0.29) is 6.61 Å². The third kappa shape index (κ3) is 25.8. The highest BCUT2D eigenvalue weighted by atomic mass is 16.5. The van der Waals surface area contributed by atoms with Crippen molar-refractivity contribution in [3.63, 3.8) is 0 Å². The van der Waals surface area contributed by atoms with Crippen molar-refractivity contribution >= 4 is 0 Å². The predicted molar refractivity (Wildman–Crippen MR) is 70.2 cm³/mol. The average Bonchev–Trinajstić information content (AvgIpc) is 2.36. The van der Waals surface area contributed by atoms with Gasteiger partial charge >= 0.3 is 0 Å². The molecule has 0 aliphatic heterocycles. The molecule has 0 rings (SSSR count). The number of ether oxygens (including phenoxy) is 2. The maximum Gasteiger partial charge on any atom is 0.0701 e. The molecule has 0 saturated carbocycles. The molecule has 0 aromatic rings. The third-order valence-electron chi connectivity index (χ3n) is 2.18. The van der Waals surface area contributed by atoms with Gasteiger partial charge in [0.2, 0.25) is 0 Å². The summed E-state index contributed by atoms with van der Waals surface area (Å²) >= 11 is 0. The fraction of sp³-hybridized carbons (Fsp3) is 1.00. The van der Waals surface area contributed by atoms with Crippen molar-refractivity contribution in [2.24, 2.45) is 0 Å². The lowest BCUT2D eigenvalue weighted by Gasteiger charge is -1.98. The van der Waals surface area contributed by atoms with Gasteiger partial charge in [-0.3, -0.25) is 0 Å². The van der Waals surface area contributed by atoms with Gasteiger partial charge in [0.15, 0.2) is 0 Å². The second-order valence-electron chi connectivity index (χ2n) is 3.82. The molecule has 0 saturated heterocycles. The molecular weight excluding hydrogens is 220 g/mol. The van der Waals surface area contributed by atoms with Crippen molar-refractivity contribution in [3.05, 3.63) is 0 Å². The number of unbranched alkanes of at least 4 members (excludes halogenated alkanes) is 5. The number of rotatable bonds is 11. The third-order valence-corrected chi connectivity index (χ3v) is 2.18. The number of aliphatic hydroxyl groups is 2. The number of hydrogen-bond donors (Lipinski definition) is 2. The molecule has 0 spiro atoms. The Kier molecular flexibility index (Phi) is 23.9. The van der Waals surface area contributed by atoms with E-state index in [1.807, 2.05) is 0 Å². The molecule has 0 aliphatic rings. The summed E-state index contributed by atoms with van der Waals surface area (Å²) in [5.74, 6) is 0. The van der Waals surface area contributed by atoms with E-state index in [9.17, 15) is 0 Å². The standard InChI is InChI=1S/C8H18O.C5H12O3/c1-2-3-4-5-6-7-8-9;1-7-4-5-8-3-2-6/h9H,2-8H2,1H3;6H,2-5H2,1H3. The minimum absolute atomic E-state index is 0.0870. The zero-order valence-electron chi connectivity index (χ0n) is 11.5. The van der Waals surface area contributed by atoms with Crippen LogP contribution < -0.4 is 0 Å². The maximum atomic E-state index is 8.42. The Morgan fingerprint density at radius 1 is 0.765 bits per heavy atom. The van der Waals surface area contributed by atoms with E-state index in [1.54, 1.807) is 7.11 Å². The van der Waals surface area contributed by atoms with Gasteiger partial charge in [0.1, 0.15) is 0 Å². The molecule has 2 N–H and O–H groups in total. The van der Waals surface area contributed by atoms with E-state index >= 15 is 0 Å². The molecular formula is C13H30O4. The lowest BCUT2D eigenvalue weighted by molar-refractivity contribution is 0.0500. The summed E-state index contributed by atoms with van der Waals surface area (Å²) in [6.45, 7) is 4.24. The van der Waals surface area contributed by atoms with Gasteiger partial charge < -0.3 is 19.7 Å². The molecule has 106 valence electrons. The Labute approximate surface area is 106 Å². The lowest BCUT2D eigenvalue weighted by Crippen LogP contribution is -2.05. The van der Waals surface area contributed by atoms with E-state index in [2.05, 4.69) is 11.7 Å². The van der Waals surface area contributed by atoms with Crippen LogP contribution in [0.4, 0.5) is 0 Å². The first-order chi connectivity index (χ1) is 8.33. The van der Waals surface area contributed by atoms with Gasteiger partial charge in [-0.2, -0.15) is 0 Å². The molecule has 0 bridgehead atoms. The zero-order valence-corrected chi connectivity index (χ0v) is 11.5. The second kappa shape index (κ2) is 21.2. The Hall–Kier alpha value is -0.160. The van der Waals surface area contributed by atoms with Crippen LogP contribution in [0.5, 0.6) is 0 Å². The van der Waals surface area contributed by atoms with Crippen molar-refractivity contribution in [2.45, 2.75) is 45.4 Å². The van der Waals surface area contributed by atoms with Crippen LogP contribution in [0.25, 0.3) is 0 Å². The Bertz CT molecular complexity index is 97.6. The van der Waals surface area contributed by atoms with Gasteiger partial charge in [0.05, 0.1) is 26.4 Å². The van der Waals surface area contributed by atoms with Crippen LogP contribution in [0, 0.1) is 0 Å². The normalized spacial score (nSPS) is 9.88. The minimum atomic E-state index is 0.0870. The fourth-order valence-corrected chi connectivity index (χ4v) is 1.20. The highest BCUT2D eigenvalue weighted by Gasteiger charge is 1.86. The van der Waals surface area contributed by atoms with E-state index in [4.69, 9.17) is 14.9 Å². The highest BCUT2D eigenvalue weighted by molar-refractivity contribution is 4.41. The Morgan fingerprint density at radius 2 is 1.41 bits per heavy atom. The lowest BCUT2D eigenvalue weighted by atomic mass is 10.1. The monoisotopic (exact) mass is 250 g/mol. The zero-order chi connectivity index (χ0) is 13.2. The van der Waals surface area contributed by atoms with Crippen LogP contribution in [-0.4, -0.2) is 50.4 Å². The summed E-state index contributed by atoms with van der Waals surface area (Å²) in [7, 11) is 1.61. The van der Waals surface area contributed by atoms with Crippen LogP contribution in [0.1, 0.15) is 45.4 Å². The van der Waals surface area contributed by atoms with E-state index in [0.29, 0.717) is 26.4 Å². The largest absolute Gasteiger partial charge is 0.396 e. The van der Waals surface area contributed by atoms with Crippen LogP contribution >= 0.6 is 0 Å². The molecule has 4 heteroatoms. The summed E-state index contributed by atoms with van der Waals surface area (Å²) < 4.78 is 9.53. The molecule has 0 aromatic heterocycles. The van der Waals surface area contributed by atoms with Gasteiger partial charge in [-0.25, -0.2) is 0 Å². The molecule has 0 amide bonds. The smallest absolute Gasteiger partial charge is 0.0701 e. The Morgan fingerprint density at radius 3 is 1.94 bits per heavy atom. The van der Waals surface area contributed by atoms with Gasteiger partial charge in [-0.05, 0) is 6.42 Å². The molecule has 0 aliphatic carbocycles. The van der Waals surface area contributed by atoms with Crippen molar-refractivity contribution in [1.82, 2.24) is 0 Å². The molecule has 0 heterocycles. The number of methoxy groups -OCH3 is 1. The van der Waals surface area contributed by atoms with Gasteiger partial charge in [-0.1, -0.05) is 39.0 Å². The van der Waals surface area contributed by atoms with Gasteiger partial charge in [-0.15, -0.1) is 0 Å². The van der Waals surface area contributed by atoms with Crippen molar-refractivity contribution < 1.29 is 19.7 Å². The van der Waals surface area contributed by atoms with Gasteiger partial charge in [0.25, 0.3) is 0 Å². The van der Waals surface area contributed by atoms with Crippen LogP contribution in [-0.2, 0) is 9.47 Å². The molecule has 0 atom stereocenters. The topological polar surface area (TPSA) is 58.9 Å². The van der Waals surface area contributed by atoms with E-state index in [1.165, 1.54) is 32.1 Å². The number of aliphatic hydroxyl groups excluding tert-OH is 2. The number of hydrogen-bond acceptors (Lipinski definition) is 4.